The molecule has 0 amide bonds. The van der Waals surface area contributed by atoms with Crippen LogP contribution in [0.15, 0.2) is 10.4 Å². The highest BCUT2D eigenvalue weighted by molar-refractivity contribution is 7.09. The molecule has 24 heavy (non-hydrogen) atoms. The zero-order valence-corrected chi connectivity index (χ0v) is 16.3. The van der Waals surface area contributed by atoms with E-state index in [1.807, 2.05) is 0 Å². The van der Waals surface area contributed by atoms with Crippen molar-refractivity contribution in [2.45, 2.75) is 53.0 Å². The van der Waals surface area contributed by atoms with Crippen LogP contribution in [0.25, 0.3) is 0 Å². The molecular formula is C18H33N5S. The lowest BCUT2D eigenvalue weighted by molar-refractivity contribution is 0.179. The molecule has 2 rings (SSSR count). The maximum Gasteiger partial charge on any atom is 0.191 e. The van der Waals surface area contributed by atoms with Gasteiger partial charge in [0.05, 0.1) is 10.7 Å². The Morgan fingerprint density at radius 2 is 2.12 bits per heavy atom. The average molecular weight is 352 g/mol. The van der Waals surface area contributed by atoms with Gasteiger partial charge in [-0.2, -0.15) is 0 Å². The molecule has 0 unspecified atom stereocenters. The zero-order chi connectivity index (χ0) is 17.2. The predicted octanol–water partition coefficient (Wildman–Crippen LogP) is 3.02. The van der Waals surface area contributed by atoms with Crippen LogP contribution in [0.5, 0.6) is 0 Å². The van der Waals surface area contributed by atoms with Crippen molar-refractivity contribution in [2.75, 3.05) is 32.7 Å². The van der Waals surface area contributed by atoms with Crippen LogP contribution in [0, 0.1) is 12.8 Å². The minimum Gasteiger partial charge on any atom is -0.357 e. The summed E-state index contributed by atoms with van der Waals surface area (Å²) in [5.41, 5.74) is 1.23. The van der Waals surface area contributed by atoms with Crippen LogP contribution in [-0.2, 0) is 6.54 Å². The average Bonchev–Trinajstić information content (AvgIpc) is 2.99. The minimum absolute atomic E-state index is 0.708. The number of nitrogens with zero attached hydrogens (tertiary/aromatic N) is 3. The summed E-state index contributed by atoms with van der Waals surface area (Å²) in [6.07, 6.45) is 4.88. The molecule has 1 aliphatic rings. The standard InChI is InChI=1S/C18H33N5S/c1-4-6-9-20-18(19-5-2)21-12-16-7-10-23(11-8-16)13-17-14-24-15(3)22-17/h14,16H,4-13H2,1-3H3,(H2,19,20,21). The fourth-order valence-electron chi connectivity index (χ4n) is 2.98. The molecule has 0 aliphatic carbocycles. The number of hydrogen-bond acceptors (Lipinski definition) is 4. The first-order valence-corrected chi connectivity index (χ1v) is 10.2. The number of hydrogen-bond donors (Lipinski definition) is 2. The third-order valence-electron chi connectivity index (χ3n) is 4.43. The number of guanidine groups is 1. The number of aromatic nitrogens is 1. The molecule has 2 heterocycles. The number of piperidine rings is 1. The Hall–Kier alpha value is -1.14. The lowest BCUT2D eigenvalue weighted by Crippen LogP contribution is -2.39. The first-order valence-electron chi connectivity index (χ1n) is 9.36. The van der Waals surface area contributed by atoms with Gasteiger partial charge in [0.15, 0.2) is 5.96 Å². The van der Waals surface area contributed by atoms with Crippen LogP contribution in [0.3, 0.4) is 0 Å². The molecule has 0 bridgehead atoms. The van der Waals surface area contributed by atoms with E-state index in [-0.39, 0.29) is 0 Å². The van der Waals surface area contributed by atoms with Gasteiger partial charge in [-0.25, -0.2) is 4.98 Å². The number of rotatable bonds is 8. The van der Waals surface area contributed by atoms with E-state index in [1.54, 1.807) is 11.3 Å². The van der Waals surface area contributed by atoms with Gasteiger partial charge in [0.2, 0.25) is 0 Å². The molecule has 1 aromatic rings. The van der Waals surface area contributed by atoms with Gasteiger partial charge in [0.25, 0.3) is 0 Å². The van der Waals surface area contributed by atoms with Crippen molar-refractivity contribution in [2.24, 2.45) is 10.9 Å². The molecule has 1 aromatic heterocycles. The molecule has 0 radical (unpaired) electrons. The molecule has 0 saturated carbocycles. The number of thiazole rings is 1. The van der Waals surface area contributed by atoms with Crippen LogP contribution >= 0.6 is 11.3 Å². The summed E-state index contributed by atoms with van der Waals surface area (Å²) in [6, 6.07) is 0. The van der Waals surface area contributed by atoms with Gasteiger partial charge in [-0.3, -0.25) is 9.89 Å². The summed E-state index contributed by atoms with van der Waals surface area (Å²) in [7, 11) is 0. The molecule has 1 saturated heterocycles. The van der Waals surface area contributed by atoms with Crippen molar-refractivity contribution in [3.05, 3.63) is 16.1 Å². The van der Waals surface area contributed by atoms with Gasteiger partial charge in [0.1, 0.15) is 0 Å². The van der Waals surface area contributed by atoms with Crippen LogP contribution in [-0.4, -0.2) is 48.6 Å². The quantitative estimate of drug-likeness (QED) is 0.429. The van der Waals surface area contributed by atoms with Crippen molar-refractivity contribution in [3.8, 4) is 0 Å². The first kappa shape index (κ1) is 19.2. The number of nitrogens with one attached hydrogen (secondary N) is 2. The SMILES string of the molecule is CCCCNC(=NCC1CCN(Cc2csc(C)n2)CC1)NCC. The predicted molar refractivity (Wildman–Crippen MR) is 104 cm³/mol. The Balaban J connectivity index is 1.71. The van der Waals surface area contributed by atoms with Crippen LogP contribution in [0.2, 0.25) is 0 Å². The van der Waals surface area contributed by atoms with Crippen LogP contribution < -0.4 is 10.6 Å². The second-order valence-electron chi connectivity index (χ2n) is 6.58. The summed E-state index contributed by atoms with van der Waals surface area (Å²) in [6.45, 7) is 12.6. The fourth-order valence-corrected chi connectivity index (χ4v) is 3.59. The molecule has 136 valence electrons. The van der Waals surface area contributed by atoms with E-state index in [0.29, 0.717) is 5.92 Å². The summed E-state index contributed by atoms with van der Waals surface area (Å²) in [5.74, 6) is 1.69. The molecule has 1 fully saturated rings. The van der Waals surface area contributed by atoms with E-state index in [4.69, 9.17) is 4.99 Å². The Morgan fingerprint density at radius 3 is 2.75 bits per heavy atom. The third kappa shape index (κ3) is 6.77. The van der Waals surface area contributed by atoms with Crippen molar-refractivity contribution in [3.63, 3.8) is 0 Å². The molecule has 5 nitrogen and oxygen atoms in total. The molecular weight excluding hydrogens is 318 g/mol. The lowest BCUT2D eigenvalue weighted by atomic mass is 9.97. The van der Waals surface area contributed by atoms with Crippen molar-refractivity contribution >= 4 is 17.3 Å². The van der Waals surface area contributed by atoms with E-state index >= 15 is 0 Å². The maximum absolute atomic E-state index is 4.79. The smallest absolute Gasteiger partial charge is 0.191 e. The maximum atomic E-state index is 4.79. The second kappa shape index (κ2) is 10.7. The van der Waals surface area contributed by atoms with Gasteiger partial charge < -0.3 is 10.6 Å². The first-order chi connectivity index (χ1) is 11.7. The van der Waals surface area contributed by atoms with Crippen molar-refractivity contribution in [1.82, 2.24) is 20.5 Å². The van der Waals surface area contributed by atoms with Gasteiger partial charge in [0, 0.05) is 31.6 Å². The molecule has 0 spiro atoms. The van der Waals surface area contributed by atoms with E-state index < -0.39 is 0 Å². The number of aliphatic imine (C=N–C) groups is 1. The highest BCUT2D eigenvalue weighted by Gasteiger charge is 2.19. The summed E-state index contributed by atoms with van der Waals surface area (Å²) in [5, 5.41) is 10.1. The van der Waals surface area contributed by atoms with E-state index in [9.17, 15) is 0 Å². The molecule has 2 N–H and O–H groups in total. The number of likely N-dealkylation sites (tertiary alicyclic amines) is 1. The topological polar surface area (TPSA) is 52.6 Å². The van der Waals surface area contributed by atoms with Gasteiger partial charge in [-0.15, -0.1) is 11.3 Å². The second-order valence-corrected chi connectivity index (χ2v) is 7.64. The Bertz CT molecular complexity index is 491. The largest absolute Gasteiger partial charge is 0.357 e. The number of unbranched alkanes of at least 4 members (excludes halogenated alkanes) is 1. The van der Waals surface area contributed by atoms with E-state index in [0.717, 1.165) is 45.2 Å². The highest BCUT2D eigenvalue weighted by atomic mass is 32.1. The monoisotopic (exact) mass is 351 g/mol. The Morgan fingerprint density at radius 1 is 1.33 bits per heavy atom. The third-order valence-corrected chi connectivity index (χ3v) is 5.26. The fraction of sp³-hybridized carbons (Fsp3) is 0.778. The summed E-state index contributed by atoms with van der Waals surface area (Å²) >= 11 is 1.75. The van der Waals surface area contributed by atoms with E-state index in [1.165, 1.54) is 36.4 Å². The summed E-state index contributed by atoms with van der Waals surface area (Å²) < 4.78 is 0. The molecule has 0 aromatic carbocycles. The van der Waals surface area contributed by atoms with Crippen molar-refractivity contribution < 1.29 is 0 Å². The number of aryl methyl sites for hydroxylation is 1. The van der Waals surface area contributed by atoms with Gasteiger partial charge in [-0.1, -0.05) is 13.3 Å². The van der Waals surface area contributed by atoms with Crippen molar-refractivity contribution in [1.29, 1.82) is 0 Å². The van der Waals surface area contributed by atoms with Crippen LogP contribution in [0.4, 0.5) is 0 Å². The normalized spacial score (nSPS) is 17.2. The lowest BCUT2D eigenvalue weighted by Gasteiger charge is -2.30. The summed E-state index contributed by atoms with van der Waals surface area (Å²) in [4.78, 5) is 11.9. The van der Waals surface area contributed by atoms with Crippen LogP contribution in [0.1, 0.15) is 50.2 Å². The molecule has 6 heteroatoms. The Kier molecular flexibility index (Phi) is 8.53. The zero-order valence-electron chi connectivity index (χ0n) is 15.5. The minimum atomic E-state index is 0.708. The van der Waals surface area contributed by atoms with Gasteiger partial charge in [-0.05, 0) is 52.1 Å². The Labute approximate surface area is 151 Å². The molecule has 1 aliphatic heterocycles. The van der Waals surface area contributed by atoms with Gasteiger partial charge >= 0.3 is 0 Å². The highest BCUT2D eigenvalue weighted by Crippen LogP contribution is 2.20. The van der Waals surface area contributed by atoms with E-state index in [2.05, 4.69) is 46.7 Å². The molecule has 0 atom stereocenters.